The first-order valence-corrected chi connectivity index (χ1v) is 8.58. The molecular weight excluding hydrogens is 332 g/mol. The number of methoxy groups -OCH3 is 1. The highest BCUT2D eigenvalue weighted by Gasteiger charge is 2.30. The number of likely N-dealkylation sites (N-methyl/N-ethyl adjacent to an activating group) is 1. The van der Waals surface area contributed by atoms with Crippen molar-refractivity contribution in [2.24, 2.45) is 0 Å². The first-order valence-electron chi connectivity index (χ1n) is 8.58. The van der Waals surface area contributed by atoms with E-state index < -0.39 is 6.10 Å². The SMILES string of the molecule is CCNC(=O)[C@@H]1CN(Cc2ccc(C(=O)OC)cc2)c2ccccc2O1. The summed E-state index contributed by atoms with van der Waals surface area (Å²) in [5.41, 5.74) is 2.49. The number of benzene rings is 2. The fourth-order valence-electron chi connectivity index (χ4n) is 2.97. The first-order chi connectivity index (χ1) is 12.6. The second-order valence-corrected chi connectivity index (χ2v) is 6.04. The third-order valence-electron chi connectivity index (χ3n) is 4.25. The quantitative estimate of drug-likeness (QED) is 0.835. The molecule has 0 unspecified atom stereocenters. The van der Waals surface area contributed by atoms with E-state index in [-0.39, 0.29) is 11.9 Å². The summed E-state index contributed by atoms with van der Waals surface area (Å²) in [6.07, 6.45) is -0.556. The van der Waals surface area contributed by atoms with Crippen LogP contribution in [0.2, 0.25) is 0 Å². The third kappa shape index (κ3) is 3.79. The van der Waals surface area contributed by atoms with Gasteiger partial charge in [-0.15, -0.1) is 0 Å². The molecule has 0 spiro atoms. The van der Waals surface area contributed by atoms with E-state index in [4.69, 9.17) is 9.47 Å². The minimum absolute atomic E-state index is 0.118. The van der Waals surface area contributed by atoms with Crippen LogP contribution in [0.4, 0.5) is 5.69 Å². The molecule has 136 valence electrons. The van der Waals surface area contributed by atoms with Gasteiger partial charge in [-0.25, -0.2) is 4.79 Å². The van der Waals surface area contributed by atoms with Gasteiger partial charge in [0.25, 0.3) is 5.91 Å². The van der Waals surface area contributed by atoms with Crippen molar-refractivity contribution < 1.29 is 19.1 Å². The number of rotatable bonds is 5. The Kier molecular flexibility index (Phi) is 5.41. The molecule has 1 amide bonds. The average molecular weight is 354 g/mol. The molecule has 0 saturated heterocycles. The van der Waals surface area contributed by atoms with Crippen molar-refractivity contribution in [1.82, 2.24) is 5.32 Å². The van der Waals surface area contributed by atoms with Gasteiger partial charge in [-0.05, 0) is 36.8 Å². The molecule has 2 aromatic rings. The molecule has 0 aromatic heterocycles. The van der Waals surface area contributed by atoms with Crippen LogP contribution in [-0.2, 0) is 16.1 Å². The van der Waals surface area contributed by atoms with Gasteiger partial charge in [0.2, 0.25) is 0 Å². The Hall–Kier alpha value is -3.02. The van der Waals surface area contributed by atoms with Crippen LogP contribution in [0.15, 0.2) is 48.5 Å². The molecule has 1 aliphatic rings. The Morgan fingerprint density at radius 1 is 1.19 bits per heavy atom. The molecule has 26 heavy (non-hydrogen) atoms. The van der Waals surface area contributed by atoms with Gasteiger partial charge in [0.1, 0.15) is 5.75 Å². The summed E-state index contributed by atoms with van der Waals surface area (Å²) in [6.45, 7) is 3.52. The number of nitrogens with zero attached hydrogens (tertiary/aromatic N) is 1. The van der Waals surface area contributed by atoms with Gasteiger partial charge >= 0.3 is 5.97 Å². The molecule has 1 aliphatic heterocycles. The molecule has 1 atom stereocenters. The molecule has 1 N–H and O–H groups in total. The topological polar surface area (TPSA) is 67.9 Å². The highest BCUT2D eigenvalue weighted by Crippen LogP contribution is 2.34. The van der Waals surface area contributed by atoms with Crippen LogP contribution in [0.25, 0.3) is 0 Å². The standard InChI is InChI=1S/C20H22N2O4/c1-3-21-19(23)18-13-22(16-6-4-5-7-17(16)26-18)12-14-8-10-15(11-9-14)20(24)25-2/h4-11,18H,3,12-13H2,1-2H3,(H,21,23)/t18-/m0/s1. The van der Waals surface area contributed by atoms with Crippen LogP contribution in [0.3, 0.4) is 0 Å². The molecule has 0 radical (unpaired) electrons. The van der Waals surface area contributed by atoms with Crippen molar-refractivity contribution in [3.05, 3.63) is 59.7 Å². The molecule has 0 saturated carbocycles. The van der Waals surface area contributed by atoms with Crippen molar-refractivity contribution in [2.45, 2.75) is 19.6 Å². The third-order valence-corrected chi connectivity index (χ3v) is 4.25. The van der Waals surface area contributed by atoms with Crippen LogP contribution >= 0.6 is 0 Å². The number of para-hydroxylation sites is 2. The fourth-order valence-corrected chi connectivity index (χ4v) is 2.97. The first kappa shape index (κ1) is 17.8. The normalized spacial score (nSPS) is 15.6. The molecule has 6 nitrogen and oxygen atoms in total. The van der Waals surface area contributed by atoms with Crippen LogP contribution in [0, 0.1) is 0 Å². The maximum atomic E-state index is 12.2. The predicted molar refractivity (Wildman–Crippen MR) is 98.4 cm³/mol. The Morgan fingerprint density at radius 2 is 1.92 bits per heavy atom. The van der Waals surface area contributed by atoms with Crippen molar-refractivity contribution in [3.63, 3.8) is 0 Å². The molecule has 3 rings (SSSR count). The van der Waals surface area contributed by atoms with Crippen molar-refractivity contribution in [2.75, 3.05) is 25.1 Å². The summed E-state index contributed by atoms with van der Waals surface area (Å²) in [6, 6.07) is 15.0. The summed E-state index contributed by atoms with van der Waals surface area (Å²) in [5, 5.41) is 2.81. The summed E-state index contributed by atoms with van der Waals surface area (Å²) >= 11 is 0. The predicted octanol–water partition coefficient (Wildman–Crippen LogP) is 2.38. The Morgan fingerprint density at radius 3 is 2.62 bits per heavy atom. The van der Waals surface area contributed by atoms with E-state index >= 15 is 0 Å². The van der Waals surface area contributed by atoms with E-state index in [1.54, 1.807) is 12.1 Å². The number of fused-ring (bicyclic) bond motifs is 1. The number of ether oxygens (including phenoxy) is 2. The van der Waals surface area contributed by atoms with Gasteiger partial charge in [0.15, 0.2) is 6.10 Å². The largest absolute Gasteiger partial charge is 0.477 e. The zero-order chi connectivity index (χ0) is 18.5. The van der Waals surface area contributed by atoms with E-state index in [0.717, 1.165) is 11.3 Å². The lowest BCUT2D eigenvalue weighted by Gasteiger charge is -2.35. The maximum absolute atomic E-state index is 12.2. The second-order valence-electron chi connectivity index (χ2n) is 6.04. The zero-order valence-corrected chi connectivity index (χ0v) is 14.9. The smallest absolute Gasteiger partial charge is 0.337 e. The second kappa shape index (κ2) is 7.91. The summed E-state index contributed by atoms with van der Waals surface area (Å²) in [5.74, 6) is 0.221. The summed E-state index contributed by atoms with van der Waals surface area (Å²) < 4.78 is 10.6. The Bertz CT molecular complexity index is 789. The van der Waals surface area contributed by atoms with Crippen LogP contribution in [0.5, 0.6) is 5.75 Å². The van der Waals surface area contributed by atoms with Crippen LogP contribution in [0.1, 0.15) is 22.8 Å². The Balaban J connectivity index is 1.81. The molecule has 0 bridgehead atoms. The van der Waals surface area contributed by atoms with Crippen LogP contribution < -0.4 is 15.0 Å². The lowest BCUT2D eigenvalue weighted by atomic mass is 10.1. The minimum Gasteiger partial charge on any atom is -0.477 e. The van der Waals surface area contributed by atoms with Crippen molar-refractivity contribution >= 4 is 17.6 Å². The number of hydrogen-bond acceptors (Lipinski definition) is 5. The molecule has 6 heteroatoms. The molecule has 1 heterocycles. The maximum Gasteiger partial charge on any atom is 0.337 e. The van der Waals surface area contributed by atoms with E-state index in [1.807, 2.05) is 43.3 Å². The van der Waals surface area contributed by atoms with Gasteiger partial charge in [-0.2, -0.15) is 0 Å². The monoisotopic (exact) mass is 354 g/mol. The highest BCUT2D eigenvalue weighted by molar-refractivity contribution is 5.89. The Labute approximate surface area is 152 Å². The van der Waals surface area contributed by atoms with E-state index in [1.165, 1.54) is 7.11 Å². The summed E-state index contributed by atoms with van der Waals surface area (Å²) in [7, 11) is 1.36. The molecule has 2 aromatic carbocycles. The van der Waals surface area contributed by atoms with Gasteiger partial charge in [-0.1, -0.05) is 24.3 Å². The van der Waals surface area contributed by atoms with Gasteiger partial charge in [0, 0.05) is 13.1 Å². The van der Waals surface area contributed by atoms with Crippen molar-refractivity contribution in [3.8, 4) is 5.75 Å². The summed E-state index contributed by atoms with van der Waals surface area (Å²) in [4.78, 5) is 25.9. The van der Waals surface area contributed by atoms with E-state index in [2.05, 4.69) is 10.2 Å². The number of anilines is 1. The molecule has 0 fully saturated rings. The minimum atomic E-state index is -0.556. The number of nitrogens with one attached hydrogen (secondary N) is 1. The number of esters is 1. The molecule has 0 aliphatic carbocycles. The number of carbonyl (C=O) groups excluding carboxylic acids is 2. The van der Waals surface area contributed by atoms with Gasteiger partial charge < -0.3 is 19.7 Å². The molecular formula is C20H22N2O4. The number of carbonyl (C=O) groups is 2. The average Bonchev–Trinajstić information content (AvgIpc) is 2.68. The van der Waals surface area contributed by atoms with Gasteiger partial charge in [0.05, 0.1) is 24.9 Å². The van der Waals surface area contributed by atoms with E-state index in [9.17, 15) is 9.59 Å². The highest BCUT2D eigenvalue weighted by atomic mass is 16.5. The van der Waals surface area contributed by atoms with Gasteiger partial charge in [-0.3, -0.25) is 4.79 Å². The van der Waals surface area contributed by atoms with Crippen molar-refractivity contribution in [1.29, 1.82) is 0 Å². The van der Waals surface area contributed by atoms with E-state index in [0.29, 0.717) is 30.9 Å². The lowest BCUT2D eigenvalue weighted by molar-refractivity contribution is -0.127. The lowest BCUT2D eigenvalue weighted by Crippen LogP contribution is -2.48. The fraction of sp³-hybridized carbons (Fsp3) is 0.300. The number of hydrogen-bond donors (Lipinski definition) is 1. The zero-order valence-electron chi connectivity index (χ0n) is 14.9. The van der Waals surface area contributed by atoms with Crippen LogP contribution in [-0.4, -0.2) is 38.2 Å². The number of amides is 1.